The zero-order valence-corrected chi connectivity index (χ0v) is 15.6. The quantitative estimate of drug-likeness (QED) is 0.526. The van der Waals surface area contributed by atoms with Gasteiger partial charge in [0.15, 0.2) is 11.3 Å². The first-order valence-corrected chi connectivity index (χ1v) is 9.32. The maximum Gasteiger partial charge on any atom is 0.435 e. The van der Waals surface area contributed by atoms with Gasteiger partial charge in [-0.2, -0.15) is 23.4 Å². The number of rotatable bonds is 3. The Bertz CT molecular complexity index is 1200. The molecule has 0 saturated heterocycles. The lowest BCUT2D eigenvalue weighted by Gasteiger charge is -2.08. The molecule has 0 amide bonds. The van der Waals surface area contributed by atoms with Crippen LogP contribution in [0.3, 0.4) is 0 Å². The second kappa shape index (κ2) is 6.40. The highest BCUT2D eigenvalue weighted by atomic mass is 19.4. The predicted octanol–water partition coefficient (Wildman–Crippen LogP) is 3.88. The average molecular weight is 398 g/mol. The van der Waals surface area contributed by atoms with E-state index < -0.39 is 11.9 Å². The summed E-state index contributed by atoms with van der Waals surface area (Å²) in [5, 5.41) is 9.46. The Hall–Kier alpha value is -3.23. The zero-order chi connectivity index (χ0) is 20.2. The molecule has 6 nitrogen and oxygen atoms in total. The van der Waals surface area contributed by atoms with E-state index >= 15 is 0 Å². The fraction of sp³-hybridized carbons (Fsp3) is 0.300. The fourth-order valence-electron chi connectivity index (χ4n) is 3.83. The third kappa shape index (κ3) is 3.06. The van der Waals surface area contributed by atoms with E-state index in [1.807, 2.05) is 16.8 Å². The third-order valence-corrected chi connectivity index (χ3v) is 5.20. The van der Waals surface area contributed by atoms with Crippen molar-refractivity contribution >= 4 is 11.0 Å². The summed E-state index contributed by atoms with van der Waals surface area (Å²) in [6.45, 7) is 2.13. The van der Waals surface area contributed by atoms with Gasteiger partial charge in [-0.15, -0.1) is 0 Å². The van der Waals surface area contributed by atoms with Crippen molar-refractivity contribution in [1.29, 1.82) is 0 Å². The van der Waals surface area contributed by atoms with Gasteiger partial charge in [-0.1, -0.05) is 12.1 Å². The molecule has 3 aromatic heterocycles. The van der Waals surface area contributed by atoms with Crippen LogP contribution in [0.25, 0.3) is 16.7 Å². The standard InChI is InChI=1S/C20H17F3N6/c1-12-9-17(20(21,22)23)27-29(12)14-7-5-13(6-8-14)10-28-19-18-15(24-11-25-19)3-2-4-16(18)26-28/h5-9,11H,2-4,10H2,1H3. The van der Waals surface area contributed by atoms with Gasteiger partial charge in [0, 0.05) is 5.69 Å². The molecule has 9 heteroatoms. The molecule has 3 heterocycles. The number of alkyl halides is 3. The minimum Gasteiger partial charge on any atom is -0.242 e. The van der Waals surface area contributed by atoms with Crippen molar-refractivity contribution in [2.24, 2.45) is 0 Å². The zero-order valence-electron chi connectivity index (χ0n) is 15.6. The van der Waals surface area contributed by atoms with E-state index in [2.05, 4.69) is 15.1 Å². The monoisotopic (exact) mass is 398 g/mol. The van der Waals surface area contributed by atoms with E-state index in [0.717, 1.165) is 53.3 Å². The lowest BCUT2D eigenvalue weighted by Crippen LogP contribution is -2.07. The molecule has 5 rings (SSSR count). The number of hydrogen-bond acceptors (Lipinski definition) is 4. The van der Waals surface area contributed by atoms with E-state index in [4.69, 9.17) is 5.10 Å². The Balaban J connectivity index is 1.45. The molecule has 1 aromatic carbocycles. The van der Waals surface area contributed by atoms with E-state index in [-0.39, 0.29) is 0 Å². The highest BCUT2D eigenvalue weighted by Gasteiger charge is 2.34. The summed E-state index contributed by atoms with van der Waals surface area (Å²) in [4.78, 5) is 8.79. The number of halogens is 3. The number of hydrogen-bond donors (Lipinski definition) is 0. The predicted molar refractivity (Wildman–Crippen MR) is 99.8 cm³/mol. The normalized spacial score (nSPS) is 13.9. The molecule has 148 valence electrons. The van der Waals surface area contributed by atoms with Crippen LogP contribution in [0.15, 0.2) is 36.7 Å². The summed E-state index contributed by atoms with van der Waals surface area (Å²) >= 11 is 0. The molecule has 0 bridgehead atoms. The molecule has 0 fully saturated rings. The Morgan fingerprint density at radius 2 is 1.76 bits per heavy atom. The van der Waals surface area contributed by atoms with Crippen LogP contribution in [0.4, 0.5) is 13.2 Å². The van der Waals surface area contributed by atoms with Gasteiger partial charge in [0.2, 0.25) is 0 Å². The molecule has 0 spiro atoms. The molecule has 0 N–H and O–H groups in total. The molecule has 0 atom stereocenters. The Morgan fingerprint density at radius 3 is 2.48 bits per heavy atom. The minimum absolute atomic E-state index is 0.426. The summed E-state index contributed by atoms with van der Waals surface area (Å²) in [6, 6.07) is 8.32. The Kier molecular flexibility index (Phi) is 3.94. The minimum atomic E-state index is -4.46. The van der Waals surface area contributed by atoms with Gasteiger partial charge in [-0.3, -0.25) is 0 Å². The van der Waals surface area contributed by atoms with Crippen LogP contribution in [0.2, 0.25) is 0 Å². The Morgan fingerprint density at radius 1 is 1.00 bits per heavy atom. The van der Waals surface area contributed by atoms with Gasteiger partial charge in [-0.25, -0.2) is 19.3 Å². The molecule has 4 aromatic rings. The van der Waals surface area contributed by atoms with E-state index in [0.29, 0.717) is 17.9 Å². The van der Waals surface area contributed by atoms with Gasteiger partial charge >= 0.3 is 6.18 Å². The van der Waals surface area contributed by atoms with Crippen LogP contribution in [0.5, 0.6) is 0 Å². The van der Waals surface area contributed by atoms with E-state index in [1.54, 1.807) is 25.4 Å². The van der Waals surface area contributed by atoms with Gasteiger partial charge < -0.3 is 0 Å². The number of nitrogens with zero attached hydrogens (tertiary/aromatic N) is 6. The topological polar surface area (TPSA) is 61.4 Å². The van der Waals surface area contributed by atoms with Crippen LogP contribution in [0, 0.1) is 6.92 Å². The van der Waals surface area contributed by atoms with Crippen LogP contribution >= 0.6 is 0 Å². The smallest absolute Gasteiger partial charge is 0.242 e. The maximum absolute atomic E-state index is 12.9. The van der Waals surface area contributed by atoms with Crippen molar-refractivity contribution in [2.45, 2.75) is 38.9 Å². The van der Waals surface area contributed by atoms with Gasteiger partial charge in [-0.05, 0) is 49.9 Å². The van der Waals surface area contributed by atoms with Crippen molar-refractivity contribution in [3.05, 3.63) is 65.0 Å². The molecule has 29 heavy (non-hydrogen) atoms. The molecule has 1 aliphatic rings. The summed E-state index contributed by atoms with van der Waals surface area (Å²) in [5.41, 5.74) is 4.00. The number of aryl methyl sites for hydroxylation is 3. The third-order valence-electron chi connectivity index (χ3n) is 5.20. The second-order valence-electron chi connectivity index (χ2n) is 7.22. The molecule has 1 aliphatic carbocycles. The first-order valence-electron chi connectivity index (χ1n) is 9.32. The maximum atomic E-state index is 12.9. The molecular formula is C20H17F3N6. The highest BCUT2D eigenvalue weighted by Crippen LogP contribution is 2.30. The van der Waals surface area contributed by atoms with E-state index in [1.165, 1.54) is 4.68 Å². The largest absolute Gasteiger partial charge is 0.435 e. The van der Waals surface area contributed by atoms with Crippen LogP contribution in [-0.4, -0.2) is 29.5 Å². The summed E-state index contributed by atoms with van der Waals surface area (Å²) < 4.78 is 41.9. The van der Waals surface area contributed by atoms with E-state index in [9.17, 15) is 13.2 Å². The van der Waals surface area contributed by atoms with Crippen molar-refractivity contribution in [1.82, 2.24) is 29.5 Å². The molecular weight excluding hydrogens is 381 g/mol. The van der Waals surface area contributed by atoms with Crippen molar-refractivity contribution in [3.63, 3.8) is 0 Å². The Labute approximate surface area is 164 Å². The lowest BCUT2D eigenvalue weighted by molar-refractivity contribution is -0.141. The second-order valence-corrected chi connectivity index (χ2v) is 7.22. The first kappa shape index (κ1) is 17.8. The van der Waals surface area contributed by atoms with Crippen LogP contribution in [-0.2, 0) is 25.6 Å². The summed E-state index contributed by atoms with van der Waals surface area (Å²) in [7, 11) is 0. The van der Waals surface area contributed by atoms with Crippen molar-refractivity contribution < 1.29 is 13.2 Å². The van der Waals surface area contributed by atoms with Gasteiger partial charge in [0.1, 0.15) is 6.33 Å². The molecule has 0 saturated carbocycles. The van der Waals surface area contributed by atoms with Crippen molar-refractivity contribution in [2.75, 3.05) is 0 Å². The molecule has 0 aliphatic heterocycles. The van der Waals surface area contributed by atoms with Gasteiger partial charge in [0.05, 0.1) is 29.0 Å². The number of aromatic nitrogens is 6. The van der Waals surface area contributed by atoms with Crippen LogP contribution < -0.4 is 0 Å². The van der Waals surface area contributed by atoms with Gasteiger partial charge in [0.25, 0.3) is 0 Å². The molecule has 0 radical (unpaired) electrons. The average Bonchev–Trinajstić information content (AvgIpc) is 3.25. The highest BCUT2D eigenvalue weighted by molar-refractivity contribution is 5.81. The summed E-state index contributed by atoms with van der Waals surface area (Å²) in [5.74, 6) is 0. The summed E-state index contributed by atoms with van der Waals surface area (Å²) in [6.07, 6.45) is 0.0123. The fourth-order valence-corrected chi connectivity index (χ4v) is 3.83. The van der Waals surface area contributed by atoms with Crippen LogP contribution in [0.1, 0.15) is 34.8 Å². The lowest BCUT2D eigenvalue weighted by atomic mass is 10.0. The first-order chi connectivity index (χ1) is 13.9. The number of benzene rings is 1. The SMILES string of the molecule is Cc1cc(C(F)(F)F)nn1-c1ccc(Cn2nc3c4c(ncnc42)CCC3)cc1. The van der Waals surface area contributed by atoms with Crippen molar-refractivity contribution in [3.8, 4) is 5.69 Å². The molecule has 0 unspecified atom stereocenters.